The summed E-state index contributed by atoms with van der Waals surface area (Å²) in [5.74, 6) is -0.241. The van der Waals surface area contributed by atoms with E-state index in [4.69, 9.17) is 12.2 Å². The maximum Gasteiger partial charge on any atom is 0.573 e. The number of hydrogen-bond acceptors (Lipinski definition) is 3. The first kappa shape index (κ1) is 12.3. The van der Waals surface area contributed by atoms with Crippen molar-refractivity contribution < 1.29 is 17.9 Å². The van der Waals surface area contributed by atoms with Crippen LogP contribution in [0.5, 0.6) is 5.75 Å². The van der Waals surface area contributed by atoms with Gasteiger partial charge in [-0.1, -0.05) is 12.2 Å². The Morgan fingerprint density at radius 2 is 1.80 bits per heavy atom. The van der Waals surface area contributed by atoms with E-state index < -0.39 is 6.36 Å². The standard InChI is InChI=1S/C9H7F3OS2/c1-15-8(14)6-2-4-7(5-3-6)13-9(10,11)12/h2-5H,1H3. The Morgan fingerprint density at radius 1 is 1.27 bits per heavy atom. The van der Waals surface area contributed by atoms with Crippen LogP contribution in [-0.4, -0.2) is 16.8 Å². The maximum absolute atomic E-state index is 11.8. The van der Waals surface area contributed by atoms with Gasteiger partial charge in [-0.25, -0.2) is 0 Å². The number of halogens is 3. The van der Waals surface area contributed by atoms with Crippen LogP contribution in [0.4, 0.5) is 13.2 Å². The molecule has 0 unspecified atom stereocenters. The fourth-order valence-electron chi connectivity index (χ4n) is 0.911. The highest BCUT2D eigenvalue weighted by Crippen LogP contribution is 2.23. The van der Waals surface area contributed by atoms with Crippen LogP contribution in [0.1, 0.15) is 5.56 Å². The molecule has 1 aromatic carbocycles. The highest BCUT2D eigenvalue weighted by atomic mass is 32.2. The summed E-state index contributed by atoms with van der Waals surface area (Å²) >= 11 is 6.34. The Bertz CT molecular complexity index is 345. The number of alkyl halides is 3. The van der Waals surface area contributed by atoms with E-state index in [1.807, 2.05) is 6.26 Å². The molecule has 0 amide bonds. The van der Waals surface area contributed by atoms with Gasteiger partial charge in [-0.05, 0) is 36.1 Å². The summed E-state index contributed by atoms with van der Waals surface area (Å²) in [5, 5.41) is 0. The van der Waals surface area contributed by atoms with Crippen LogP contribution in [0.25, 0.3) is 0 Å². The predicted octanol–water partition coefficient (Wildman–Crippen LogP) is 3.62. The fourth-order valence-corrected chi connectivity index (χ4v) is 1.42. The molecule has 0 aromatic heterocycles. The maximum atomic E-state index is 11.8. The highest BCUT2D eigenvalue weighted by molar-refractivity contribution is 8.23. The molecule has 0 aliphatic carbocycles. The van der Waals surface area contributed by atoms with Crippen molar-refractivity contribution in [2.75, 3.05) is 6.26 Å². The molecule has 0 bridgehead atoms. The number of benzene rings is 1. The second kappa shape index (κ2) is 4.85. The van der Waals surface area contributed by atoms with E-state index in [2.05, 4.69) is 4.74 Å². The summed E-state index contributed by atoms with van der Waals surface area (Å²) in [6.45, 7) is 0. The lowest BCUT2D eigenvalue weighted by atomic mass is 10.2. The van der Waals surface area contributed by atoms with Gasteiger partial charge in [0.05, 0.1) is 4.20 Å². The number of rotatable bonds is 2. The van der Waals surface area contributed by atoms with Gasteiger partial charge in [0.1, 0.15) is 5.75 Å². The summed E-state index contributed by atoms with van der Waals surface area (Å²) in [5.41, 5.74) is 0.715. The Morgan fingerprint density at radius 3 is 2.20 bits per heavy atom. The van der Waals surface area contributed by atoms with Crippen LogP contribution in [0.3, 0.4) is 0 Å². The molecule has 82 valence electrons. The molecular weight excluding hydrogens is 245 g/mol. The third-order valence-electron chi connectivity index (χ3n) is 1.51. The van der Waals surface area contributed by atoms with E-state index in [0.717, 1.165) is 0 Å². The minimum Gasteiger partial charge on any atom is -0.406 e. The van der Waals surface area contributed by atoms with Crippen molar-refractivity contribution >= 4 is 28.2 Å². The van der Waals surface area contributed by atoms with Crippen LogP contribution in [0, 0.1) is 0 Å². The monoisotopic (exact) mass is 252 g/mol. The van der Waals surface area contributed by atoms with E-state index in [-0.39, 0.29) is 5.75 Å². The fraction of sp³-hybridized carbons (Fsp3) is 0.222. The summed E-state index contributed by atoms with van der Waals surface area (Å²) in [6, 6.07) is 5.48. The van der Waals surface area contributed by atoms with Gasteiger partial charge in [0.2, 0.25) is 0 Å². The van der Waals surface area contributed by atoms with Crippen molar-refractivity contribution in [1.29, 1.82) is 0 Å². The number of hydrogen-bond donors (Lipinski definition) is 0. The highest BCUT2D eigenvalue weighted by Gasteiger charge is 2.30. The van der Waals surface area contributed by atoms with Crippen molar-refractivity contribution in [2.45, 2.75) is 6.36 Å². The first-order chi connectivity index (χ1) is 6.92. The van der Waals surface area contributed by atoms with Crippen LogP contribution in [0.15, 0.2) is 24.3 Å². The molecule has 1 nitrogen and oxygen atoms in total. The van der Waals surface area contributed by atoms with E-state index in [0.29, 0.717) is 9.76 Å². The topological polar surface area (TPSA) is 9.23 Å². The summed E-state index contributed by atoms with van der Waals surface area (Å²) in [7, 11) is 0. The average Bonchev–Trinajstić information content (AvgIpc) is 2.15. The molecule has 1 rings (SSSR count). The summed E-state index contributed by atoms with van der Waals surface area (Å²) in [6.07, 6.45) is -2.84. The molecule has 0 N–H and O–H groups in total. The predicted molar refractivity (Wildman–Crippen MR) is 58.3 cm³/mol. The zero-order valence-electron chi connectivity index (χ0n) is 7.67. The molecule has 0 aliphatic rings. The van der Waals surface area contributed by atoms with Crippen molar-refractivity contribution in [3.8, 4) is 5.75 Å². The minimum absolute atomic E-state index is 0.241. The SMILES string of the molecule is CSC(=S)c1ccc(OC(F)(F)F)cc1. The van der Waals surface area contributed by atoms with Crippen molar-refractivity contribution in [3.05, 3.63) is 29.8 Å². The Labute approximate surface area is 94.6 Å². The molecule has 0 saturated carbocycles. The van der Waals surface area contributed by atoms with E-state index >= 15 is 0 Å². The second-order valence-electron chi connectivity index (χ2n) is 2.56. The van der Waals surface area contributed by atoms with Gasteiger partial charge in [-0.3, -0.25) is 0 Å². The van der Waals surface area contributed by atoms with E-state index in [1.165, 1.54) is 36.0 Å². The van der Waals surface area contributed by atoms with E-state index in [1.54, 1.807) is 0 Å². The third kappa shape index (κ3) is 4.09. The van der Waals surface area contributed by atoms with Gasteiger partial charge in [0, 0.05) is 0 Å². The number of ether oxygens (including phenoxy) is 1. The first-order valence-corrected chi connectivity index (χ1v) is 5.50. The quantitative estimate of drug-likeness (QED) is 0.744. The largest absolute Gasteiger partial charge is 0.573 e. The Kier molecular flexibility index (Phi) is 3.98. The lowest BCUT2D eigenvalue weighted by molar-refractivity contribution is -0.274. The first-order valence-electron chi connectivity index (χ1n) is 3.86. The smallest absolute Gasteiger partial charge is 0.406 e. The number of thioether (sulfide) groups is 1. The lowest BCUT2D eigenvalue weighted by Gasteiger charge is -2.09. The van der Waals surface area contributed by atoms with Crippen LogP contribution >= 0.6 is 24.0 Å². The number of thiocarbonyl (C=S) groups is 1. The average molecular weight is 252 g/mol. The lowest BCUT2D eigenvalue weighted by Crippen LogP contribution is -2.17. The molecule has 0 aliphatic heterocycles. The molecule has 0 atom stereocenters. The molecule has 0 radical (unpaired) electrons. The molecule has 0 heterocycles. The third-order valence-corrected chi connectivity index (χ3v) is 2.85. The normalized spacial score (nSPS) is 11.2. The van der Waals surface area contributed by atoms with Crippen LogP contribution < -0.4 is 4.74 Å². The Hall–Kier alpha value is -0.750. The zero-order valence-corrected chi connectivity index (χ0v) is 9.30. The molecule has 0 saturated heterocycles. The molecule has 6 heteroatoms. The molecule has 1 aromatic rings. The van der Waals surface area contributed by atoms with Gasteiger partial charge in [-0.15, -0.1) is 24.9 Å². The van der Waals surface area contributed by atoms with Crippen molar-refractivity contribution in [2.24, 2.45) is 0 Å². The molecule has 15 heavy (non-hydrogen) atoms. The van der Waals surface area contributed by atoms with E-state index in [9.17, 15) is 13.2 Å². The van der Waals surface area contributed by atoms with Gasteiger partial charge < -0.3 is 4.74 Å². The van der Waals surface area contributed by atoms with Gasteiger partial charge >= 0.3 is 6.36 Å². The Balaban J connectivity index is 2.77. The minimum atomic E-state index is -4.65. The van der Waals surface area contributed by atoms with Gasteiger partial charge in [0.15, 0.2) is 0 Å². The second-order valence-corrected chi connectivity index (χ2v) is 4.05. The van der Waals surface area contributed by atoms with Gasteiger partial charge in [0.25, 0.3) is 0 Å². The summed E-state index contributed by atoms with van der Waals surface area (Å²) < 4.78 is 39.8. The molecular formula is C9H7F3OS2. The summed E-state index contributed by atoms with van der Waals surface area (Å²) in [4.78, 5) is 0. The van der Waals surface area contributed by atoms with Crippen molar-refractivity contribution in [1.82, 2.24) is 0 Å². The van der Waals surface area contributed by atoms with Gasteiger partial charge in [-0.2, -0.15) is 0 Å². The van der Waals surface area contributed by atoms with Crippen LogP contribution in [0.2, 0.25) is 0 Å². The van der Waals surface area contributed by atoms with Crippen LogP contribution in [-0.2, 0) is 0 Å². The molecule has 0 fully saturated rings. The zero-order chi connectivity index (χ0) is 11.5. The van der Waals surface area contributed by atoms with Crippen molar-refractivity contribution in [3.63, 3.8) is 0 Å². The molecule has 0 spiro atoms.